The van der Waals surface area contributed by atoms with Crippen LogP contribution in [0.3, 0.4) is 0 Å². The van der Waals surface area contributed by atoms with Crippen LogP contribution in [0.25, 0.3) is 0 Å². The van der Waals surface area contributed by atoms with Crippen LogP contribution in [-0.2, 0) is 27.1 Å². The maximum atomic E-state index is 13.5. The molecular formula is C21H31BN3O4. The highest BCUT2D eigenvalue weighted by molar-refractivity contribution is 6.16. The van der Waals surface area contributed by atoms with Crippen LogP contribution in [0.2, 0.25) is 0 Å². The Morgan fingerprint density at radius 3 is 2.48 bits per heavy atom. The van der Waals surface area contributed by atoms with Gasteiger partial charge in [-0.3, -0.25) is 9.59 Å². The molecule has 2 amide bonds. The average molecular weight is 400 g/mol. The number of carbonyl (C=O) groups is 2. The van der Waals surface area contributed by atoms with E-state index in [1.54, 1.807) is 4.90 Å². The van der Waals surface area contributed by atoms with Crippen LogP contribution in [0.4, 0.5) is 0 Å². The molecule has 1 aromatic rings. The molecule has 157 valence electrons. The van der Waals surface area contributed by atoms with Gasteiger partial charge in [-0.15, -0.1) is 0 Å². The summed E-state index contributed by atoms with van der Waals surface area (Å²) >= 11 is 0. The van der Waals surface area contributed by atoms with Crippen LogP contribution < -0.4 is 11.1 Å². The topological polar surface area (TPSA) is 105 Å². The van der Waals surface area contributed by atoms with Gasteiger partial charge in [0, 0.05) is 13.1 Å². The first-order chi connectivity index (χ1) is 14.0. The van der Waals surface area contributed by atoms with Crippen molar-refractivity contribution < 1.29 is 19.3 Å². The minimum atomic E-state index is -1.07. The molecule has 0 aromatic heterocycles. The molecule has 2 aliphatic carbocycles. The van der Waals surface area contributed by atoms with E-state index in [2.05, 4.69) is 17.4 Å². The number of nitrogens with one attached hydrogen (secondary N) is 1. The van der Waals surface area contributed by atoms with Gasteiger partial charge in [0.2, 0.25) is 11.8 Å². The molecule has 1 radical (unpaired) electrons. The summed E-state index contributed by atoms with van der Waals surface area (Å²) in [6, 6.07) is 8.33. The van der Waals surface area contributed by atoms with E-state index in [1.165, 1.54) is 11.1 Å². The second-order valence-electron chi connectivity index (χ2n) is 8.17. The predicted octanol–water partition coefficient (Wildman–Crippen LogP) is 0.897. The lowest BCUT2D eigenvalue weighted by atomic mass is 9.82. The van der Waals surface area contributed by atoms with Crippen LogP contribution in [0.5, 0.6) is 0 Å². The van der Waals surface area contributed by atoms with Crippen molar-refractivity contribution in [1.82, 2.24) is 10.2 Å². The van der Waals surface area contributed by atoms with E-state index in [0.29, 0.717) is 39.9 Å². The summed E-state index contributed by atoms with van der Waals surface area (Å²) in [4.78, 5) is 28.6. The number of amides is 2. The Hall–Kier alpha value is -1.90. The third-order valence-corrected chi connectivity index (χ3v) is 6.39. The van der Waals surface area contributed by atoms with Gasteiger partial charge < -0.3 is 25.6 Å². The molecule has 8 heteroatoms. The Morgan fingerprint density at radius 1 is 1.31 bits per heavy atom. The van der Waals surface area contributed by atoms with Gasteiger partial charge >= 0.3 is 7.69 Å². The highest BCUT2D eigenvalue weighted by Gasteiger charge is 2.50. The summed E-state index contributed by atoms with van der Waals surface area (Å²) < 4.78 is 5.12. The van der Waals surface area contributed by atoms with Crippen LogP contribution in [0.15, 0.2) is 24.3 Å². The molecule has 0 heterocycles. The Balaban J connectivity index is 1.72. The molecule has 1 atom stereocenters. The van der Waals surface area contributed by atoms with Crippen LogP contribution in [0, 0.1) is 5.41 Å². The lowest BCUT2D eigenvalue weighted by molar-refractivity contribution is -0.152. The molecule has 0 spiro atoms. The number of carbonyl (C=O) groups excluding carboxylic acids is 2. The third-order valence-electron chi connectivity index (χ3n) is 6.39. The van der Waals surface area contributed by atoms with Crippen molar-refractivity contribution in [3.05, 3.63) is 35.4 Å². The monoisotopic (exact) mass is 400 g/mol. The van der Waals surface area contributed by atoms with E-state index in [9.17, 15) is 9.59 Å². The van der Waals surface area contributed by atoms with Crippen molar-refractivity contribution in [3.63, 3.8) is 0 Å². The van der Waals surface area contributed by atoms with Crippen LogP contribution in [0.1, 0.15) is 49.7 Å². The molecule has 29 heavy (non-hydrogen) atoms. The number of benzene rings is 1. The fourth-order valence-corrected chi connectivity index (χ4v) is 4.66. The molecule has 7 nitrogen and oxygen atoms in total. The number of nitrogens with zero attached hydrogens (tertiary/aromatic N) is 1. The van der Waals surface area contributed by atoms with Crippen molar-refractivity contribution in [3.8, 4) is 0 Å². The fraction of sp³-hybridized carbons (Fsp3) is 0.619. The first-order valence-electron chi connectivity index (χ1n) is 10.5. The summed E-state index contributed by atoms with van der Waals surface area (Å²) in [5.41, 5.74) is 7.03. The molecule has 0 bridgehead atoms. The van der Waals surface area contributed by atoms with Gasteiger partial charge in [-0.05, 0) is 56.2 Å². The van der Waals surface area contributed by atoms with Crippen LogP contribution in [-0.4, -0.2) is 55.3 Å². The number of fused-ring (bicyclic) bond motifs is 1. The van der Waals surface area contributed by atoms with Gasteiger partial charge in [-0.2, -0.15) is 0 Å². The van der Waals surface area contributed by atoms with Crippen molar-refractivity contribution >= 4 is 19.5 Å². The highest BCUT2D eigenvalue weighted by Crippen LogP contribution is 2.41. The zero-order valence-corrected chi connectivity index (χ0v) is 17.1. The Morgan fingerprint density at radius 2 is 1.93 bits per heavy atom. The van der Waals surface area contributed by atoms with Gasteiger partial charge in [0.25, 0.3) is 0 Å². The molecule has 1 fully saturated rings. The zero-order valence-electron chi connectivity index (χ0n) is 17.1. The largest absolute Gasteiger partial charge is 0.486 e. The lowest BCUT2D eigenvalue weighted by Crippen LogP contribution is -2.55. The summed E-state index contributed by atoms with van der Waals surface area (Å²) in [7, 11) is 2.39. The number of hydrogen-bond acceptors (Lipinski definition) is 5. The second-order valence-corrected chi connectivity index (χ2v) is 8.17. The molecule has 4 N–H and O–H groups in total. The van der Waals surface area contributed by atoms with Crippen molar-refractivity contribution in [1.29, 1.82) is 0 Å². The van der Waals surface area contributed by atoms with Crippen molar-refractivity contribution in [2.24, 2.45) is 11.1 Å². The van der Waals surface area contributed by atoms with E-state index in [-0.39, 0.29) is 17.9 Å². The molecular weight excluding hydrogens is 369 g/mol. The van der Waals surface area contributed by atoms with E-state index in [0.717, 1.165) is 25.7 Å². The lowest BCUT2D eigenvalue weighted by Gasteiger charge is -2.35. The summed E-state index contributed by atoms with van der Waals surface area (Å²) in [6.45, 7) is 0.455. The van der Waals surface area contributed by atoms with Gasteiger partial charge in [0.1, 0.15) is 11.6 Å². The normalized spacial score (nSPS) is 18.9. The van der Waals surface area contributed by atoms with Crippen molar-refractivity contribution in [2.75, 3.05) is 13.6 Å². The number of hydrogen-bond donors (Lipinski definition) is 3. The molecule has 3 rings (SSSR count). The zero-order chi connectivity index (χ0) is 20.9. The number of nitrogens with two attached hydrogens (primary N) is 1. The summed E-state index contributed by atoms with van der Waals surface area (Å²) in [5, 5.41) is 11.8. The maximum Gasteiger partial charge on any atom is 0.486 e. The number of likely N-dealkylation sites (N-methyl/N-ethyl adjacent to an activating group) is 1. The van der Waals surface area contributed by atoms with Gasteiger partial charge in [-0.25, -0.2) is 0 Å². The van der Waals surface area contributed by atoms with Gasteiger partial charge in [-0.1, -0.05) is 37.1 Å². The molecule has 1 saturated carbocycles. The minimum Gasteiger partial charge on any atom is -0.429 e. The maximum absolute atomic E-state index is 13.5. The average Bonchev–Trinajstić information content (AvgIpc) is 3.38. The standard InChI is InChI=1S/C21H31BN3O4/c1-25(17-13-15-7-2-3-8-16(15)14-17)20(27)21(10-4-5-11-21)19(26)24-18(29-22-28)9-6-12-23/h2-3,7-8,17-18,28H,4-6,9-14,23H2,1H3,(H,24,26)/t18-/m1/s1. The second kappa shape index (κ2) is 9.74. The minimum absolute atomic E-state index is 0.0697. The smallest absolute Gasteiger partial charge is 0.429 e. The van der Waals surface area contributed by atoms with Crippen LogP contribution >= 0.6 is 0 Å². The molecule has 1 aromatic carbocycles. The van der Waals surface area contributed by atoms with E-state index in [4.69, 9.17) is 15.4 Å². The Kier molecular flexibility index (Phi) is 7.32. The predicted molar refractivity (Wildman–Crippen MR) is 111 cm³/mol. The molecule has 0 unspecified atom stereocenters. The fourth-order valence-electron chi connectivity index (χ4n) is 4.66. The van der Waals surface area contributed by atoms with Crippen molar-refractivity contribution in [2.45, 2.75) is 63.6 Å². The molecule has 2 aliphatic rings. The first-order valence-corrected chi connectivity index (χ1v) is 10.5. The summed E-state index contributed by atoms with van der Waals surface area (Å²) in [6.07, 6.45) is 4.81. The highest BCUT2D eigenvalue weighted by atomic mass is 16.5. The van der Waals surface area contributed by atoms with E-state index < -0.39 is 11.6 Å². The Labute approximate surface area is 173 Å². The van der Waals surface area contributed by atoms with Gasteiger partial charge in [0.15, 0.2) is 0 Å². The Bertz CT molecular complexity index is 699. The number of rotatable bonds is 9. The first kappa shape index (κ1) is 21.8. The van der Waals surface area contributed by atoms with E-state index in [1.807, 2.05) is 19.2 Å². The summed E-state index contributed by atoms with van der Waals surface area (Å²) in [5.74, 6) is -0.429. The quantitative estimate of drug-likeness (QED) is 0.325. The van der Waals surface area contributed by atoms with E-state index >= 15 is 0 Å². The molecule has 0 saturated heterocycles. The van der Waals surface area contributed by atoms with Gasteiger partial charge in [0.05, 0.1) is 0 Å². The third kappa shape index (κ3) is 4.65. The molecule has 0 aliphatic heterocycles. The SMILES string of the molecule is CN(C(=O)C1(C(=O)N[C@@H](CCCN)O[B]O)CCCC1)C1Cc2ccccc2C1.